The molecule has 0 saturated carbocycles. The number of ether oxygens (including phenoxy) is 1. The van der Waals surface area contributed by atoms with Gasteiger partial charge in [0.2, 0.25) is 0 Å². The summed E-state index contributed by atoms with van der Waals surface area (Å²) in [6.45, 7) is 18.1. The minimum Gasteiger partial charge on any atom is -0.509 e. The number of anilines is 4. The van der Waals surface area contributed by atoms with Gasteiger partial charge in [0.15, 0.2) is 0 Å². The molecule has 0 amide bonds. The van der Waals surface area contributed by atoms with Crippen molar-refractivity contribution in [2.75, 3.05) is 9.80 Å². The third-order valence-corrected chi connectivity index (χ3v) is 16.3. The van der Waals surface area contributed by atoms with Gasteiger partial charge in [0, 0.05) is 92.6 Å². The fraction of sp³-hybridized carbons (Fsp3) is 0.143. The van der Waals surface area contributed by atoms with Crippen LogP contribution in [-0.4, -0.2) is 9.55 Å². The van der Waals surface area contributed by atoms with Crippen molar-refractivity contribution in [1.29, 1.82) is 0 Å². The molecule has 77 heavy (non-hydrogen) atoms. The Balaban J connectivity index is 0.00000596. The Morgan fingerprint density at radius 1 is 0.558 bits per heavy atom. The van der Waals surface area contributed by atoms with E-state index in [1.165, 1.54) is 47.8 Å². The summed E-state index contributed by atoms with van der Waals surface area (Å²) in [6.07, 6.45) is 1.94. The van der Waals surface area contributed by atoms with Crippen LogP contribution in [0.15, 0.2) is 200 Å². The van der Waals surface area contributed by atoms with Crippen molar-refractivity contribution >= 4 is 76.1 Å². The molecule has 0 bridgehead atoms. The average molecular weight is 1200 g/mol. The van der Waals surface area contributed by atoms with Gasteiger partial charge >= 0.3 is 0 Å². The minimum absolute atomic E-state index is 0. The quantitative estimate of drug-likeness (QED) is 0.128. The molecule has 1 aliphatic heterocycles. The van der Waals surface area contributed by atoms with Crippen LogP contribution in [0.25, 0.3) is 81.2 Å². The molecule has 0 aliphatic carbocycles. The standard InChI is InChI=1S/C70H57N4OS.Pt/c1-44(2)53-25-18-26-54(45(3)4)66(53)48-38-50(72-43-73(61-30-16-15-29-60(61)72)68-55(46-20-10-8-11-21-46)27-19-28-56(68)47-22-12-9-13-23-47)41-52(39-48)75-51-32-33-59-63(42-51)74(65-40-49(36-37-71-65)70(5,6)7)62-35-34-58-57-24-14-17-31-64(57)76-69(58)67(59)62;/h8-40,43-45H,1-7H3;/q-3;. The maximum absolute atomic E-state index is 7.21. The number of hydrogen-bond acceptors (Lipinski definition) is 5. The van der Waals surface area contributed by atoms with E-state index < -0.39 is 0 Å². The van der Waals surface area contributed by atoms with Gasteiger partial charge in [0.1, 0.15) is 5.82 Å². The Morgan fingerprint density at radius 2 is 1.18 bits per heavy atom. The summed E-state index contributed by atoms with van der Waals surface area (Å²) >= 11 is 1.85. The second-order valence-electron chi connectivity index (χ2n) is 21.6. The Kier molecular flexibility index (Phi) is 13.0. The minimum atomic E-state index is -0.0743. The third kappa shape index (κ3) is 8.82. The van der Waals surface area contributed by atoms with Crippen LogP contribution in [0.1, 0.15) is 77.0 Å². The molecular weight excluding hydrogens is 1140 g/mol. The molecule has 1 aliphatic rings. The number of thiophene rings is 1. The summed E-state index contributed by atoms with van der Waals surface area (Å²) in [4.78, 5) is 9.70. The Bertz CT molecular complexity index is 4100. The molecule has 382 valence electrons. The van der Waals surface area contributed by atoms with Crippen LogP contribution in [0.2, 0.25) is 0 Å². The van der Waals surface area contributed by atoms with Gasteiger partial charge in [-0.05, 0) is 92.4 Å². The monoisotopic (exact) mass is 1200 g/mol. The number of rotatable bonds is 10. The first-order valence-corrected chi connectivity index (χ1v) is 27.2. The summed E-state index contributed by atoms with van der Waals surface area (Å²) in [6, 6.07) is 77.6. The number of hydrogen-bond donors (Lipinski definition) is 0. The van der Waals surface area contributed by atoms with Crippen LogP contribution < -0.4 is 14.5 Å². The van der Waals surface area contributed by atoms with Crippen LogP contribution in [0.4, 0.5) is 22.7 Å². The van der Waals surface area contributed by atoms with Crippen molar-refractivity contribution in [1.82, 2.24) is 9.55 Å². The number of para-hydroxylation sites is 3. The molecule has 0 unspecified atom stereocenters. The summed E-state index contributed by atoms with van der Waals surface area (Å²) in [5.41, 5.74) is 16.7. The average Bonchev–Trinajstić information content (AvgIpc) is 4.35. The summed E-state index contributed by atoms with van der Waals surface area (Å²) in [5.74, 6) is 2.59. The fourth-order valence-electron chi connectivity index (χ4n) is 11.3. The number of fused-ring (bicyclic) bond motifs is 8. The van der Waals surface area contributed by atoms with Gasteiger partial charge in [-0.2, -0.15) is 6.07 Å². The van der Waals surface area contributed by atoms with Crippen LogP contribution in [0.5, 0.6) is 11.5 Å². The van der Waals surface area contributed by atoms with Gasteiger partial charge in [-0.25, -0.2) is 4.98 Å². The molecule has 4 heterocycles. The zero-order valence-electron chi connectivity index (χ0n) is 44.2. The van der Waals surface area contributed by atoms with E-state index >= 15 is 0 Å². The van der Waals surface area contributed by atoms with Gasteiger partial charge in [-0.15, -0.1) is 65.0 Å². The fourth-order valence-corrected chi connectivity index (χ4v) is 12.6. The zero-order valence-corrected chi connectivity index (χ0v) is 47.3. The van der Waals surface area contributed by atoms with E-state index in [1.807, 2.05) is 17.5 Å². The normalized spacial score (nSPS) is 12.6. The predicted octanol–water partition coefficient (Wildman–Crippen LogP) is 19.9. The van der Waals surface area contributed by atoms with Crippen molar-refractivity contribution < 1.29 is 25.8 Å². The smallest absolute Gasteiger partial charge is 0.135 e. The molecule has 0 N–H and O–H groups in total. The third-order valence-electron chi connectivity index (χ3n) is 15.0. The summed E-state index contributed by atoms with van der Waals surface area (Å²) in [5, 5.41) is 4.82. The number of nitrogens with zero attached hydrogens (tertiary/aromatic N) is 4. The molecule has 7 heteroatoms. The molecule has 13 rings (SSSR count). The van der Waals surface area contributed by atoms with Crippen LogP contribution in [0, 0.1) is 18.8 Å². The summed E-state index contributed by atoms with van der Waals surface area (Å²) < 4.78 is 12.0. The second-order valence-corrected chi connectivity index (χ2v) is 22.7. The molecule has 0 saturated heterocycles. The van der Waals surface area contributed by atoms with E-state index in [1.54, 1.807) is 0 Å². The molecule has 0 spiro atoms. The second kappa shape index (κ2) is 20.0. The molecule has 0 atom stereocenters. The predicted molar refractivity (Wildman–Crippen MR) is 320 cm³/mol. The SMILES string of the molecule is CC(C)c1cccc(C(C)C)c1-c1cc(Oc2[c-]c3c(cc2)c2c4sc5ccccc5c4ccc2n3-c2cc(C(C)(C)C)ccn2)[c-]c(N2[CH-]N(c3c(-c4ccccc4)cccc3-c3ccccc3)c3ccccc32)c1.[Pt]. The van der Waals surface area contributed by atoms with Crippen molar-refractivity contribution in [3.05, 3.63) is 236 Å². The molecule has 9 aromatic carbocycles. The molecule has 0 radical (unpaired) electrons. The van der Waals surface area contributed by atoms with Crippen LogP contribution >= 0.6 is 11.3 Å². The molecule has 12 aromatic rings. The first-order valence-electron chi connectivity index (χ1n) is 26.4. The number of aromatic nitrogens is 2. The van der Waals surface area contributed by atoms with Crippen molar-refractivity contribution in [3.8, 4) is 50.7 Å². The van der Waals surface area contributed by atoms with E-state index in [-0.39, 0.29) is 38.3 Å². The van der Waals surface area contributed by atoms with Gasteiger partial charge in [0.25, 0.3) is 0 Å². The maximum Gasteiger partial charge on any atom is 0.135 e. The molecule has 5 nitrogen and oxygen atoms in total. The first-order chi connectivity index (χ1) is 37.0. The molecule has 3 aromatic heterocycles. The topological polar surface area (TPSA) is 33.5 Å². The zero-order chi connectivity index (χ0) is 51.8. The van der Waals surface area contributed by atoms with Crippen molar-refractivity contribution in [2.24, 2.45) is 0 Å². The maximum atomic E-state index is 7.21. The van der Waals surface area contributed by atoms with Crippen molar-refractivity contribution in [3.63, 3.8) is 0 Å². The van der Waals surface area contributed by atoms with Crippen LogP contribution in [0.3, 0.4) is 0 Å². The van der Waals surface area contributed by atoms with Crippen molar-refractivity contribution in [2.45, 2.75) is 65.7 Å². The number of benzene rings is 9. The number of pyridine rings is 1. The Morgan fingerprint density at radius 3 is 1.86 bits per heavy atom. The van der Waals surface area contributed by atoms with Gasteiger partial charge < -0.3 is 19.1 Å². The van der Waals surface area contributed by atoms with Gasteiger partial charge in [-0.1, -0.05) is 187 Å². The van der Waals surface area contributed by atoms with E-state index in [0.717, 1.165) is 72.8 Å². The van der Waals surface area contributed by atoms with Crippen LogP contribution in [-0.2, 0) is 26.5 Å². The Labute approximate surface area is 470 Å². The Hall–Kier alpha value is -7.76. The van der Waals surface area contributed by atoms with E-state index in [4.69, 9.17) is 9.72 Å². The van der Waals surface area contributed by atoms with E-state index in [2.05, 4.69) is 276 Å². The first kappa shape index (κ1) is 50.1. The summed E-state index contributed by atoms with van der Waals surface area (Å²) in [7, 11) is 0. The molecular formula is C70H57N4OPtS-3. The largest absolute Gasteiger partial charge is 0.509 e. The van der Waals surface area contributed by atoms with Gasteiger partial charge in [0.05, 0.1) is 0 Å². The van der Waals surface area contributed by atoms with E-state index in [9.17, 15) is 0 Å². The van der Waals surface area contributed by atoms with E-state index in [0.29, 0.717) is 11.5 Å². The van der Waals surface area contributed by atoms with Gasteiger partial charge in [-0.3, -0.25) is 0 Å². The molecule has 0 fully saturated rings.